The highest BCUT2D eigenvalue weighted by atomic mass is 19.1. The van der Waals surface area contributed by atoms with Crippen LogP contribution in [0.3, 0.4) is 0 Å². The fraction of sp³-hybridized carbons (Fsp3) is 0.385. The standard InChI is InChI=1S/C26H24F2N6O2/c1-25(2)16-7-8-26(25,14-34(10-4-9-29)24(36)20-12-31-21(35)13-30-20)23-15(16)11-19(32-33-23)22-17(27)5-3-6-18(22)28/h3,5-6,11-13,16H,4,7-8,10,14H2,1-2H3,(H,31,35)/t16-,26-/m0/s1. The van der Waals surface area contributed by atoms with Crippen molar-refractivity contribution in [2.45, 2.75) is 44.4 Å². The molecule has 1 saturated carbocycles. The van der Waals surface area contributed by atoms with Crippen molar-refractivity contribution in [1.29, 1.82) is 5.26 Å². The largest absolute Gasteiger partial charge is 0.335 e. The molecule has 0 aliphatic heterocycles. The number of benzene rings is 1. The number of carbonyl (C=O) groups is 1. The van der Waals surface area contributed by atoms with E-state index < -0.39 is 28.5 Å². The molecule has 5 rings (SSSR count). The summed E-state index contributed by atoms with van der Waals surface area (Å²) in [5.74, 6) is -1.75. The van der Waals surface area contributed by atoms with Gasteiger partial charge in [0.2, 0.25) is 0 Å². The molecule has 1 fully saturated rings. The first-order valence-electron chi connectivity index (χ1n) is 11.7. The van der Waals surface area contributed by atoms with E-state index in [1.165, 1.54) is 24.4 Å². The summed E-state index contributed by atoms with van der Waals surface area (Å²) in [4.78, 5) is 32.8. The number of hydrogen-bond acceptors (Lipinski definition) is 6. The van der Waals surface area contributed by atoms with Gasteiger partial charge >= 0.3 is 0 Å². The number of carbonyl (C=O) groups excluding carboxylic acids is 1. The minimum atomic E-state index is -0.706. The molecule has 184 valence electrons. The summed E-state index contributed by atoms with van der Waals surface area (Å²) in [6, 6.07) is 7.49. The molecule has 8 nitrogen and oxygen atoms in total. The monoisotopic (exact) mass is 490 g/mol. The number of rotatable bonds is 6. The van der Waals surface area contributed by atoms with Crippen molar-refractivity contribution < 1.29 is 13.6 Å². The summed E-state index contributed by atoms with van der Waals surface area (Å²) in [7, 11) is 0. The minimum absolute atomic E-state index is 0.0655. The van der Waals surface area contributed by atoms with Crippen molar-refractivity contribution in [2.24, 2.45) is 5.41 Å². The van der Waals surface area contributed by atoms with E-state index in [2.05, 4.69) is 40.1 Å². The Bertz CT molecular complexity index is 1420. The molecule has 2 atom stereocenters. The van der Waals surface area contributed by atoms with Gasteiger partial charge in [-0.25, -0.2) is 13.8 Å². The van der Waals surface area contributed by atoms with Gasteiger partial charge in [0.05, 0.1) is 35.6 Å². The molecule has 1 N–H and O–H groups in total. The maximum atomic E-state index is 14.5. The van der Waals surface area contributed by atoms with Crippen molar-refractivity contribution in [3.8, 4) is 17.3 Å². The number of hydrogen-bond donors (Lipinski definition) is 1. The molecule has 2 aliphatic carbocycles. The van der Waals surface area contributed by atoms with Gasteiger partial charge in [-0.2, -0.15) is 15.5 Å². The second kappa shape index (κ2) is 8.59. The van der Waals surface area contributed by atoms with Crippen LogP contribution in [0, 0.1) is 28.4 Å². The quantitative estimate of drug-likeness (QED) is 0.563. The number of nitrogens with zero attached hydrogens (tertiary/aromatic N) is 5. The van der Waals surface area contributed by atoms with Crippen LogP contribution in [0.1, 0.15) is 60.8 Å². The fourth-order valence-electron chi connectivity index (χ4n) is 6.03. The Hall–Kier alpha value is -4.00. The molecule has 1 amide bonds. The number of H-pyrrole nitrogens is 1. The Kier molecular flexibility index (Phi) is 5.66. The molecule has 3 aromatic rings. The molecule has 2 bridgehead atoms. The molecule has 2 heterocycles. The van der Waals surface area contributed by atoms with Gasteiger partial charge < -0.3 is 9.88 Å². The number of halogens is 2. The first kappa shape index (κ1) is 23.7. The van der Waals surface area contributed by atoms with Crippen molar-refractivity contribution in [1.82, 2.24) is 25.1 Å². The van der Waals surface area contributed by atoms with Crippen LogP contribution in [-0.2, 0) is 5.41 Å². The predicted octanol–water partition coefficient (Wildman–Crippen LogP) is 3.72. The lowest BCUT2D eigenvalue weighted by atomic mass is 9.68. The van der Waals surface area contributed by atoms with E-state index in [0.717, 1.165) is 24.6 Å². The van der Waals surface area contributed by atoms with Crippen LogP contribution in [0.15, 0.2) is 41.5 Å². The Morgan fingerprint density at radius 2 is 2.03 bits per heavy atom. The van der Waals surface area contributed by atoms with E-state index in [0.29, 0.717) is 5.69 Å². The first-order valence-corrected chi connectivity index (χ1v) is 11.7. The summed E-state index contributed by atoms with van der Waals surface area (Å²) in [6.07, 6.45) is 4.00. The lowest BCUT2D eigenvalue weighted by Crippen LogP contribution is -2.49. The van der Waals surface area contributed by atoms with Gasteiger partial charge in [-0.1, -0.05) is 19.9 Å². The Morgan fingerprint density at radius 3 is 2.69 bits per heavy atom. The third-order valence-corrected chi connectivity index (χ3v) is 7.97. The number of aromatic amines is 1. The highest BCUT2D eigenvalue weighted by Crippen LogP contribution is 2.67. The molecule has 0 saturated heterocycles. The summed E-state index contributed by atoms with van der Waals surface area (Å²) in [5.41, 5.74) is 0.276. The van der Waals surface area contributed by atoms with E-state index in [4.69, 9.17) is 0 Å². The van der Waals surface area contributed by atoms with E-state index >= 15 is 0 Å². The van der Waals surface area contributed by atoms with Gasteiger partial charge in [0.15, 0.2) is 0 Å². The van der Waals surface area contributed by atoms with Crippen molar-refractivity contribution in [2.75, 3.05) is 13.1 Å². The van der Waals surface area contributed by atoms with Gasteiger partial charge in [0.1, 0.15) is 17.3 Å². The third-order valence-electron chi connectivity index (χ3n) is 7.97. The van der Waals surface area contributed by atoms with Crippen molar-refractivity contribution in [3.63, 3.8) is 0 Å². The molecule has 0 unspecified atom stereocenters. The predicted molar refractivity (Wildman–Crippen MR) is 126 cm³/mol. The van der Waals surface area contributed by atoms with Crippen molar-refractivity contribution >= 4 is 5.91 Å². The summed E-state index contributed by atoms with van der Waals surface area (Å²) >= 11 is 0. The van der Waals surface area contributed by atoms with E-state index in [1.54, 1.807) is 11.0 Å². The van der Waals surface area contributed by atoms with Gasteiger partial charge in [-0.15, -0.1) is 0 Å². The highest BCUT2D eigenvalue weighted by Gasteiger charge is 2.64. The lowest BCUT2D eigenvalue weighted by molar-refractivity contribution is 0.0638. The molecular formula is C26H24F2N6O2. The van der Waals surface area contributed by atoms with Crippen LogP contribution < -0.4 is 5.56 Å². The van der Waals surface area contributed by atoms with Crippen LogP contribution in [0.4, 0.5) is 8.78 Å². The van der Waals surface area contributed by atoms with E-state index in [-0.39, 0.29) is 47.8 Å². The first-order chi connectivity index (χ1) is 17.2. The third kappa shape index (κ3) is 3.49. The van der Waals surface area contributed by atoms with Crippen LogP contribution in [0.5, 0.6) is 0 Å². The van der Waals surface area contributed by atoms with Crippen LogP contribution in [0.25, 0.3) is 11.3 Å². The Labute approximate surface area is 206 Å². The minimum Gasteiger partial charge on any atom is -0.335 e. The maximum absolute atomic E-state index is 14.5. The summed E-state index contributed by atoms with van der Waals surface area (Å²) in [6.45, 7) is 4.68. The molecule has 10 heteroatoms. The van der Waals surface area contributed by atoms with Gasteiger partial charge in [-0.05, 0) is 47.9 Å². The van der Waals surface area contributed by atoms with E-state index in [1.807, 2.05) is 0 Å². The van der Waals surface area contributed by atoms with Crippen LogP contribution in [-0.4, -0.2) is 44.1 Å². The molecule has 1 aromatic carbocycles. The molecule has 0 radical (unpaired) electrons. The smallest absolute Gasteiger partial charge is 0.274 e. The topological polar surface area (TPSA) is 116 Å². The lowest BCUT2D eigenvalue weighted by Gasteiger charge is -2.41. The molecule has 2 aliphatic rings. The summed E-state index contributed by atoms with van der Waals surface area (Å²) < 4.78 is 28.9. The van der Waals surface area contributed by atoms with Gasteiger partial charge in [0.25, 0.3) is 11.5 Å². The van der Waals surface area contributed by atoms with Gasteiger partial charge in [0, 0.05) is 24.7 Å². The zero-order valence-corrected chi connectivity index (χ0v) is 19.9. The second-order valence-corrected chi connectivity index (χ2v) is 9.96. The number of fused-ring (bicyclic) bond motifs is 5. The molecule has 0 spiro atoms. The zero-order valence-electron chi connectivity index (χ0n) is 19.9. The summed E-state index contributed by atoms with van der Waals surface area (Å²) in [5, 5.41) is 17.9. The fourth-order valence-corrected chi connectivity index (χ4v) is 6.03. The second-order valence-electron chi connectivity index (χ2n) is 9.96. The molecule has 36 heavy (non-hydrogen) atoms. The van der Waals surface area contributed by atoms with Crippen LogP contribution in [0.2, 0.25) is 0 Å². The normalized spacial score (nSPS) is 21.1. The number of nitriles is 1. The van der Waals surface area contributed by atoms with E-state index in [9.17, 15) is 23.6 Å². The zero-order chi connectivity index (χ0) is 25.7. The Balaban J connectivity index is 1.56. The highest BCUT2D eigenvalue weighted by molar-refractivity contribution is 5.92. The molecule has 2 aromatic heterocycles. The maximum Gasteiger partial charge on any atom is 0.274 e. The average Bonchev–Trinajstić information content (AvgIpc) is 3.21. The molecular weight excluding hydrogens is 466 g/mol. The SMILES string of the molecule is CC1(C)[C@H]2CC[C@]1(CN(CCC#N)C(=O)c1c[nH]c(=O)cn1)c1nnc(-c3c(F)cccc3F)cc12. The number of aromatic nitrogens is 4. The Morgan fingerprint density at radius 1 is 1.28 bits per heavy atom. The van der Waals surface area contributed by atoms with Gasteiger partial charge in [-0.3, -0.25) is 9.59 Å². The number of amides is 1. The average molecular weight is 491 g/mol. The van der Waals surface area contributed by atoms with Crippen molar-refractivity contribution in [3.05, 3.63) is 75.6 Å². The van der Waals surface area contributed by atoms with Crippen LogP contribution >= 0.6 is 0 Å². The number of nitrogens with one attached hydrogen (secondary N) is 1.